The first-order valence-electron chi connectivity index (χ1n) is 7.24. The van der Waals surface area contributed by atoms with Gasteiger partial charge < -0.3 is 15.7 Å². The predicted octanol–water partition coefficient (Wildman–Crippen LogP) is 2.30. The summed E-state index contributed by atoms with van der Waals surface area (Å²) in [6.45, 7) is 10.4. The van der Waals surface area contributed by atoms with E-state index in [0.29, 0.717) is 18.0 Å². The lowest BCUT2D eigenvalue weighted by atomic mass is 9.96. The van der Waals surface area contributed by atoms with Crippen LogP contribution in [0.5, 0.6) is 0 Å². The number of aliphatic hydroxyl groups excluding tert-OH is 1. The fraction of sp³-hybridized carbons (Fsp3) is 0.667. The van der Waals surface area contributed by atoms with Gasteiger partial charge in [-0.15, -0.1) is 0 Å². The van der Waals surface area contributed by atoms with Gasteiger partial charge in [-0.05, 0) is 12.3 Å². The maximum Gasteiger partial charge on any atom is 0.319 e. The second-order valence-electron chi connectivity index (χ2n) is 6.66. The molecule has 6 nitrogen and oxygen atoms in total. The Morgan fingerprint density at radius 3 is 2.33 bits per heavy atom. The molecule has 1 unspecified atom stereocenters. The van der Waals surface area contributed by atoms with Crippen LogP contribution in [-0.2, 0) is 5.41 Å². The van der Waals surface area contributed by atoms with Gasteiger partial charge in [-0.3, -0.25) is 0 Å². The number of nitrogens with one attached hydrogen (secondary N) is 2. The summed E-state index contributed by atoms with van der Waals surface area (Å²) >= 11 is 0. The van der Waals surface area contributed by atoms with Crippen molar-refractivity contribution in [2.24, 2.45) is 5.92 Å². The van der Waals surface area contributed by atoms with Crippen LogP contribution in [0, 0.1) is 5.92 Å². The van der Waals surface area contributed by atoms with E-state index >= 15 is 0 Å². The summed E-state index contributed by atoms with van der Waals surface area (Å²) in [7, 11) is 0. The highest BCUT2D eigenvalue weighted by molar-refractivity contribution is 5.88. The molecule has 1 atom stereocenters. The van der Waals surface area contributed by atoms with Gasteiger partial charge in [-0.2, -0.15) is 0 Å². The molecule has 2 amide bonds. The molecule has 0 fully saturated rings. The van der Waals surface area contributed by atoms with Gasteiger partial charge in [0.2, 0.25) is 0 Å². The van der Waals surface area contributed by atoms with Crippen LogP contribution < -0.4 is 10.6 Å². The molecule has 118 valence electrons. The van der Waals surface area contributed by atoms with Crippen LogP contribution in [-0.4, -0.2) is 33.8 Å². The Bertz CT molecular complexity index is 452. The molecular formula is C15H26N4O2. The molecule has 1 aromatic rings. The lowest BCUT2D eigenvalue weighted by molar-refractivity contribution is 0.148. The zero-order valence-corrected chi connectivity index (χ0v) is 13.5. The quantitative estimate of drug-likeness (QED) is 0.777. The van der Waals surface area contributed by atoms with Gasteiger partial charge in [0.25, 0.3) is 0 Å². The second kappa shape index (κ2) is 7.36. The minimum atomic E-state index is -0.532. The third-order valence-electron chi connectivity index (χ3n) is 2.82. The van der Waals surface area contributed by atoms with E-state index in [4.69, 9.17) is 0 Å². The first-order valence-corrected chi connectivity index (χ1v) is 7.24. The molecule has 0 saturated carbocycles. The van der Waals surface area contributed by atoms with Crippen LogP contribution >= 0.6 is 0 Å². The average molecular weight is 294 g/mol. The van der Waals surface area contributed by atoms with E-state index in [0.717, 1.165) is 5.82 Å². The Kier molecular flexibility index (Phi) is 6.08. The van der Waals surface area contributed by atoms with Crippen molar-refractivity contribution in [2.45, 2.75) is 52.6 Å². The Balaban J connectivity index is 2.45. The zero-order chi connectivity index (χ0) is 16.0. The van der Waals surface area contributed by atoms with Crippen molar-refractivity contribution in [3.8, 4) is 0 Å². The predicted molar refractivity (Wildman–Crippen MR) is 83.2 cm³/mol. The SMILES string of the molecule is CC(C)CC(O)CNC(=O)Nc1cnc(C(C)(C)C)nc1. The van der Waals surface area contributed by atoms with Gasteiger partial charge >= 0.3 is 6.03 Å². The van der Waals surface area contributed by atoms with Crippen molar-refractivity contribution in [1.82, 2.24) is 15.3 Å². The molecule has 6 heteroatoms. The molecule has 0 aromatic carbocycles. The summed E-state index contributed by atoms with van der Waals surface area (Å²) in [5, 5.41) is 15.0. The number of carbonyl (C=O) groups is 1. The number of rotatable bonds is 5. The molecule has 21 heavy (non-hydrogen) atoms. The van der Waals surface area contributed by atoms with E-state index in [1.54, 1.807) is 12.4 Å². The first-order chi connectivity index (χ1) is 9.68. The van der Waals surface area contributed by atoms with Crippen molar-refractivity contribution in [3.63, 3.8) is 0 Å². The molecule has 0 aliphatic heterocycles. The topological polar surface area (TPSA) is 87.1 Å². The standard InChI is InChI=1S/C15H26N4O2/c1-10(2)6-12(20)9-18-14(21)19-11-7-16-13(17-8-11)15(3,4)5/h7-8,10,12,20H,6,9H2,1-5H3,(H2,18,19,21). The Morgan fingerprint density at radius 2 is 1.86 bits per heavy atom. The maximum atomic E-state index is 11.7. The van der Waals surface area contributed by atoms with Crippen molar-refractivity contribution < 1.29 is 9.90 Å². The number of aromatic nitrogens is 2. The third kappa shape index (κ3) is 6.53. The number of hydrogen-bond acceptors (Lipinski definition) is 4. The van der Waals surface area contributed by atoms with Crippen molar-refractivity contribution >= 4 is 11.7 Å². The Morgan fingerprint density at radius 1 is 1.29 bits per heavy atom. The molecule has 0 aliphatic carbocycles. The van der Waals surface area contributed by atoms with Gasteiger partial charge in [0, 0.05) is 12.0 Å². The zero-order valence-electron chi connectivity index (χ0n) is 13.5. The maximum absolute atomic E-state index is 11.7. The van der Waals surface area contributed by atoms with Crippen LogP contribution in [0.2, 0.25) is 0 Å². The number of nitrogens with zero attached hydrogens (tertiary/aromatic N) is 2. The number of urea groups is 1. The largest absolute Gasteiger partial charge is 0.391 e. The van der Waals surface area contributed by atoms with Crippen LogP contribution in [0.3, 0.4) is 0 Å². The third-order valence-corrected chi connectivity index (χ3v) is 2.82. The van der Waals surface area contributed by atoms with E-state index in [1.165, 1.54) is 0 Å². The fourth-order valence-corrected chi connectivity index (χ4v) is 1.79. The van der Waals surface area contributed by atoms with Gasteiger partial charge in [0.1, 0.15) is 5.82 Å². The summed E-state index contributed by atoms with van der Waals surface area (Å²) in [4.78, 5) is 20.2. The summed E-state index contributed by atoms with van der Waals surface area (Å²) in [6, 6.07) is -0.370. The van der Waals surface area contributed by atoms with Crippen LogP contribution in [0.25, 0.3) is 0 Å². The van der Waals surface area contributed by atoms with E-state index in [9.17, 15) is 9.90 Å². The van der Waals surface area contributed by atoms with E-state index in [1.807, 2.05) is 34.6 Å². The number of anilines is 1. The minimum Gasteiger partial charge on any atom is -0.391 e. The average Bonchev–Trinajstić information content (AvgIpc) is 2.35. The fourth-order valence-electron chi connectivity index (χ4n) is 1.79. The van der Waals surface area contributed by atoms with Gasteiger partial charge in [-0.1, -0.05) is 34.6 Å². The second-order valence-corrected chi connectivity index (χ2v) is 6.66. The lowest BCUT2D eigenvalue weighted by Crippen LogP contribution is -2.35. The molecule has 0 aliphatic rings. The van der Waals surface area contributed by atoms with Crippen molar-refractivity contribution in [1.29, 1.82) is 0 Å². The number of aliphatic hydroxyl groups is 1. The molecule has 0 spiro atoms. The molecule has 1 heterocycles. The highest BCUT2D eigenvalue weighted by atomic mass is 16.3. The molecule has 1 rings (SSSR count). The Hall–Kier alpha value is -1.69. The molecule has 0 saturated heterocycles. The minimum absolute atomic E-state index is 0.123. The summed E-state index contributed by atoms with van der Waals surface area (Å²) in [5.41, 5.74) is 0.403. The van der Waals surface area contributed by atoms with E-state index < -0.39 is 6.10 Å². The van der Waals surface area contributed by atoms with Gasteiger partial charge in [-0.25, -0.2) is 14.8 Å². The van der Waals surface area contributed by atoms with Crippen molar-refractivity contribution in [2.75, 3.05) is 11.9 Å². The van der Waals surface area contributed by atoms with Gasteiger partial charge in [0.05, 0.1) is 24.2 Å². The van der Waals surface area contributed by atoms with Crippen LogP contribution in [0.4, 0.5) is 10.5 Å². The van der Waals surface area contributed by atoms with E-state index in [-0.39, 0.29) is 18.0 Å². The van der Waals surface area contributed by atoms with Crippen molar-refractivity contribution in [3.05, 3.63) is 18.2 Å². The van der Waals surface area contributed by atoms with E-state index in [2.05, 4.69) is 20.6 Å². The number of amides is 2. The summed E-state index contributed by atoms with van der Waals surface area (Å²) in [6.07, 6.45) is 3.29. The normalized spacial score (nSPS) is 13.1. The highest BCUT2D eigenvalue weighted by Crippen LogP contribution is 2.18. The Labute approximate surface area is 126 Å². The molecule has 0 radical (unpaired) electrons. The smallest absolute Gasteiger partial charge is 0.319 e. The molecule has 1 aromatic heterocycles. The molecule has 3 N–H and O–H groups in total. The number of carbonyl (C=O) groups excluding carboxylic acids is 1. The highest BCUT2D eigenvalue weighted by Gasteiger charge is 2.17. The van der Waals surface area contributed by atoms with Gasteiger partial charge in [0.15, 0.2) is 0 Å². The monoisotopic (exact) mass is 294 g/mol. The molecular weight excluding hydrogens is 268 g/mol. The van der Waals surface area contributed by atoms with Crippen LogP contribution in [0.1, 0.15) is 46.9 Å². The van der Waals surface area contributed by atoms with Crippen LogP contribution in [0.15, 0.2) is 12.4 Å². The summed E-state index contributed by atoms with van der Waals surface area (Å²) < 4.78 is 0. The lowest BCUT2D eigenvalue weighted by Gasteiger charge is -2.16. The summed E-state index contributed by atoms with van der Waals surface area (Å²) in [5.74, 6) is 1.11. The first kappa shape index (κ1) is 17.4. The number of hydrogen-bond donors (Lipinski definition) is 3. The molecule has 0 bridgehead atoms.